The van der Waals surface area contributed by atoms with Gasteiger partial charge in [0, 0.05) is 31.7 Å². The van der Waals surface area contributed by atoms with E-state index in [1.165, 1.54) is 17.0 Å². The van der Waals surface area contributed by atoms with Crippen molar-refractivity contribution in [3.05, 3.63) is 54.8 Å². The summed E-state index contributed by atoms with van der Waals surface area (Å²) in [6.45, 7) is 0. The molecule has 2 rings (SSSR count). The van der Waals surface area contributed by atoms with Crippen LogP contribution in [-0.4, -0.2) is 0 Å². The van der Waals surface area contributed by atoms with Gasteiger partial charge in [0.05, 0.1) is 0 Å². The third-order valence-corrected chi connectivity index (χ3v) is 4.81. The van der Waals surface area contributed by atoms with Crippen molar-refractivity contribution in [2.75, 3.05) is 0 Å². The van der Waals surface area contributed by atoms with Crippen LogP contribution < -0.4 is 5.73 Å². The van der Waals surface area contributed by atoms with E-state index < -0.39 is 0 Å². The van der Waals surface area contributed by atoms with Crippen LogP contribution in [0.15, 0.2) is 38.6 Å². The predicted octanol–water partition coefficient (Wildman–Crippen LogP) is 4.65. The topological polar surface area (TPSA) is 26.0 Å². The summed E-state index contributed by atoms with van der Waals surface area (Å²) in [5.74, 6) is -0.258. The molecule has 5 heteroatoms. The van der Waals surface area contributed by atoms with Gasteiger partial charge >= 0.3 is 0 Å². The number of hydrogen-bond donors (Lipinski definition) is 1. The first kappa shape index (κ1) is 13.2. The van der Waals surface area contributed by atoms with Gasteiger partial charge in [0.1, 0.15) is 5.82 Å². The molecule has 0 spiro atoms. The summed E-state index contributed by atoms with van der Waals surface area (Å²) in [7, 11) is 0. The molecule has 1 aromatic heterocycles. The van der Waals surface area contributed by atoms with Gasteiger partial charge in [0.15, 0.2) is 0 Å². The summed E-state index contributed by atoms with van der Waals surface area (Å²) < 4.78 is 14.8. The van der Waals surface area contributed by atoms with E-state index in [1.807, 2.05) is 5.38 Å². The van der Waals surface area contributed by atoms with Gasteiger partial charge in [-0.25, -0.2) is 4.39 Å². The molecule has 1 aromatic carbocycles. The third-order valence-electron chi connectivity index (χ3n) is 2.40. The first-order valence-electron chi connectivity index (χ1n) is 4.99. The molecule has 0 bridgehead atoms. The van der Waals surface area contributed by atoms with Crippen molar-refractivity contribution in [1.29, 1.82) is 0 Å². The average Bonchev–Trinajstić information content (AvgIpc) is 2.63. The lowest BCUT2D eigenvalue weighted by Crippen LogP contribution is -2.13. The molecule has 0 amide bonds. The van der Waals surface area contributed by atoms with Crippen LogP contribution in [0.3, 0.4) is 0 Å². The predicted molar refractivity (Wildman–Crippen MR) is 76.8 cm³/mol. The highest BCUT2D eigenvalue weighted by Crippen LogP contribution is 2.28. The minimum atomic E-state index is -0.258. The number of rotatable bonds is 3. The monoisotopic (exact) mass is 377 g/mol. The number of halogens is 3. The standard InChI is InChI=1S/C12H10Br2FNS/c13-7-3-9(17-6-7)5-12(16)10-2-1-8(15)4-11(10)14/h1-4,6,12H,5,16H2. The van der Waals surface area contributed by atoms with Gasteiger partial charge in [0.25, 0.3) is 0 Å². The maximum Gasteiger partial charge on any atom is 0.124 e. The first-order chi connectivity index (χ1) is 8.06. The second-order valence-corrected chi connectivity index (χ2v) is 6.47. The molecule has 0 aliphatic heterocycles. The summed E-state index contributed by atoms with van der Waals surface area (Å²) in [6, 6.07) is 6.54. The summed E-state index contributed by atoms with van der Waals surface area (Å²) in [5.41, 5.74) is 7.05. The first-order valence-corrected chi connectivity index (χ1v) is 7.46. The number of hydrogen-bond acceptors (Lipinski definition) is 2. The fourth-order valence-corrected chi connectivity index (χ4v) is 3.75. The van der Waals surface area contributed by atoms with E-state index in [0.717, 1.165) is 20.9 Å². The minimum absolute atomic E-state index is 0.129. The number of thiophene rings is 1. The Hall–Kier alpha value is -0.230. The quantitative estimate of drug-likeness (QED) is 0.826. The fourth-order valence-electron chi connectivity index (χ4n) is 1.59. The van der Waals surface area contributed by atoms with Crippen LogP contribution in [0.1, 0.15) is 16.5 Å². The maximum absolute atomic E-state index is 13.0. The summed E-state index contributed by atoms with van der Waals surface area (Å²) in [5, 5.41) is 2.03. The Morgan fingerprint density at radius 3 is 2.65 bits per heavy atom. The zero-order valence-electron chi connectivity index (χ0n) is 8.79. The second-order valence-electron chi connectivity index (χ2n) is 3.71. The van der Waals surface area contributed by atoms with Gasteiger partial charge in [-0.2, -0.15) is 0 Å². The Morgan fingerprint density at radius 1 is 1.29 bits per heavy atom. The number of benzene rings is 1. The van der Waals surface area contributed by atoms with E-state index >= 15 is 0 Å². The van der Waals surface area contributed by atoms with E-state index in [1.54, 1.807) is 17.4 Å². The van der Waals surface area contributed by atoms with E-state index in [-0.39, 0.29) is 11.9 Å². The smallest absolute Gasteiger partial charge is 0.124 e. The molecule has 2 aromatic rings. The molecule has 1 heterocycles. The zero-order valence-corrected chi connectivity index (χ0v) is 12.8. The van der Waals surface area contributed by atoms with Crippen molar-refractivity contribution in [2.45, 2.75) is 12.5 Å². The molecule has 90 valence electrons. The molecule has 1 nitrogen and oxygen atoms in total. The Kier molecular flexibility index (Phi) is 4.36. The molecule has 0 saturated carbocycles. The van der Waals surface area contributed by atoms with Crippen LogP contribution in [0.25, 0.3) is 0 Å². The Balaban J connectivity index is 2.17. The molecule has 0 radical (unpaired) electrons. The lowest BCUT2D eigenvalue weighted by atomic mass is 10.0. The molecule has 2 N–H and O–H groups in total. The van der Waals surface area contributed by atoms with E-state index in [9.17, 15) is 4.39 Å². The van der Waals surface area contributed by atoms with E-state index in [2.05, 4.69) is 37.9 Å². The van der Waals surface area contributed by atoms with Crippen molar-refractivity contribution < 1.29 is 4.39 Å². The van der Waals surface area contributed by atoms with Crippen LogP contribution in [-0.2, 0) is 6.42 Å². The molecule has 1 unspecified atom stereocenters. The van der Waals surface area contributed by atoms with Gasteiger partial charge in [-0.3, -0.25) is 0 Å². The Morgan fingerprint density at radius 2 is 2.06 bits per heavy atom. The van der Waals surface area contributed by atoms with Crippen LogP contribution >= 0.6 is 43.2 Å². The van der Waals surface area contributed by atoms with E-state index in [4.69, 9.17) is 5.73 Å². The third kappa shape index (κ3) is 3.37. The molecule has 0 aliphatic rings. The minimum Gasteiger partial charge on any atom is -0.324 e. The van der Waals surface area contributed by atoms with Gasteiger partial charge in [0.2, 0.25) is 0 Å². The molecule has 17 heavy (non-hydrogen) atoms. The van der Waals surface area contributed by atoms with Gasteiger partial charge < -0.3 is 5.73 Å². The van der Waals surface area contributed by atoms with Crippen molar-refractivity contribution in [3.8, 4) is 0 Å². The van der Waals surface area contributed by atoms with Gasteiger partial charge in [-0.15, -0.1) is 11.3 Å². The largest absolute Gasteiger partial charge is 0.324 e. The van der Waals surface area contributed by atoms with Crippen molar-refractivity contribution in [3.63, 3.8) is 0 Å². The van der Waals surface area contributed by atoms with Crippen LogP contribution in [0.5, 0.6) is 0 Å². The van der Waals surface area contributed by atoms with Crippen molar-refractivity contribution in [1.82, 2.24) is 0 Å². The Bertz CT molecular complexity index is 527. The SMILES string of the molecule is NC(Cc1cc(Br)cs1)c1ccc(F)cc1Br. The maximum atomic E-state index is 13.0. The van der Waals surface area contributed by atoms with Crippen LogP contribution in [0, 0.1) is 5.82 Å². The molecule has 0 saturated heterocycles. The lowest BCUT2D eigenvalue weighted by Gasteiger charge is -2.12. The molecule has 0 fully saturated rings. The van der Waals surface area contributed by atoms with Crippen LogP contribution in [0.4, 0.5) is 4.39 Å². The highest BCUT2D eigenvalue weighted by atomic mass is 79.9. The fraction of sp³-hybridized carbons (Fsp3) is 0.167. The van der Waals surface area contributed by atoms with Crippen molar-refractivity contribution in [2.24, 2.45) is 5.73 Å². The van der Waals surface area contributed by atoms with Gasteiger partial charge in [-0.1, -0.05) is 22.0 Å². The molecular formula is C12H10Br2FNS. The Labute approximate surface area is 120 Å². The molecule has 1 atom stereocenters. The second kappa shape index (κ2) is 5.61. The molecular weight excluding hydrogens is 369 g/mol. The van der Waals surface area contributed by atoms with Crippen LogP contribution in [0.2, 0.25) is 0 Å². The normalized spacial score (nSPS) is 12.7. The zero-order chi connectivity index (χ0) is 12.4. The summed E-state index contributed by atoms with van der Waals surface area (Å²) in [6.07, 6.45) is 0.750. The van der Waals surface area contributed by atoms with E-state index in [0.29, 0.717) is 0 Å². The molecule has 0 aliphatic carbocycles. The average molecular weight is 379 g/mol. The number of nitrogens with two attached hydrogens (primary N) is 1. The highest BCUT2D eigenvalue weighted by Gasteiger charge is 2.12. The van der Waals surface area contributed by atoms with Crippen molar-refractivity contribution >= 4 is 43.2 Å². The summed E-state index contributed by atoms with van der Waals surface area (Å²) in [4.78, 5) is 1.21. The lowest BCUT2D eigenvalue weighted by molar-refractivity contribution is 0.623. The van der Waals surface area contributed by atoms with Gasteiger partial charge in [-0.05, 0) is 39.7 Å². The highest BCUT2D eigenvalue weighted by molar-refractivity contribution is 9.10. The summed E-state index contributed by atoms with van der Waals surface area (Å²) >= 11 is 8.42.